The molecule has 0 N–H and O–H groups in total. The van der Waals surface area contributed by atoms with Crippen molar-refractivity contribution in [3.05, 3.63) is 107 Å². The van der Waals surface area contributed by atoms with Crippen molar-refractivity contribution in [1.82, 2.24) is 0 Å². The van der Waals surface area contributed by atoms with Crippen molar-refractivity contribution in [2.24, 2.45) is 0 Å². The van der Waals surface area contributed by atoms with Crippen LogP contribution in [0.25, 0.3) is 0 Å². The minimum absolute atomic E-state index is 0.0136. The Bertz CT molecular complexity index is 1440. The smallest absolute Gasteiger partial charge is 0.161 e. The molecule has 0 bridgehead atoms. The molecule has 5 rings (SSSR count). The molecule has 0 amide bonds. The third kappa shape index (κ3) is 5.02. The van der Waals surface area contributed by atoms with Crippen LogP contribution >= 0.6 is 0 Å². The van der Waals surface area contributed by atoms with E-state index in [0.717, 1.165) is 23.7 Å². The van der Waals surface area contributed by atoms with E-state index in [1.54, 1.807) is 42.7 Å². The Labute approximate surface area is 236 Å². The minimum atomic E-state index is 0.0136. The molecule has 6 nitrogen and oxygen atoms in total. The molecule has 40 heavy (non-hydrogen) atoms. The average Bonchev–Trinajstić information content (AvgIpc) is 3.02. The highest BCUT2D eigenvalue weighted by Gasteiger charge is 2.40. The SMILES string of the molecule is COc1ccc([C@@H]2c3cc(OC)c(OC)cc3C[C@H](c3ccc(OC)cc3)[C@H]2c2ccc(OC)c(OC)c2)cc1. The molecule has 0 aliphatic heterocycles. The summed E-state index contributed by atoms with van der Waals surface area (Å²) in [6.45, 7) is 0. The lowest BCUT2D eigenvalue weighted by Gasteiger charge is -2.41. The highest BCUT2D eigenvalue weighted by Crippen LogP contribution is 2.55. The topological polar surface area (TPSA) is 55.4 Å². The van der Waals surface area contributed by atoms with Gasteiger partial charge >= 0.3 is 0 Å². The van der Waals surface area contributed by atoms with E-state index >= 15 is 0 Å². The Hall–Kier alpha value is -4.32. The van der Waals surface area contributed by atoms with Gasteiger partial charge in [-0.25, -0.2) is 0 Å². The van der Waals surface area contributed by atoms with E-state index in [1.807, 2.05) is 30.3 Å². The first-order valence-electron chi connectivity index (χ1n) is 13.3. The summed E-state index contributed by atoms with van der Waals surface area (Å²) >= 11 is 0. The lowest BCUT2D eigenvalue weighted by molar-refractivity contribution is 0.349. The summed E-state index contributed by atoms with van der Waals surface area (Å²) in [6.07, 6.45) is 0.827. The van der Waals surface area contributed by atoms with Crippen molar-refractivity contribution in [3.8, 4) is 34.5 Å². The maximum Gasteiger partial charge on any atom is 0.161 e. The van der Waals surface area contributed by atoms with Crippen LogP contribution in [0.4, 0.5) is 0 Å². The Morgan fingerprint density at radius 2 is 0.975 bits per heavy atom. The molecular formula is C34H36O6. The summed E-state index contributed by atoms with van der Waals surface area (Å²) in [4.78, 5) is 0. The molecule has 0 saturated carbocycles. The second kappa shape index (κ2) is 11.8. The first-order chi connectivity index (χ1) is 19.5. The van der Waals surface area contributed by atoms with E-state index < -0.39 is 0 Å². The molecule has 0 radical (unpaired) electrons. The molecule has 0 fully saturated rings. The number of fused-ring (bicyclic) bond motifs is 1. The first-order valence-corrected chi connectivity index (χ1v) is 13.3. The van der Waals surface area contributed by atoms with E-state index in [-0.39, 0.29) is 17.8 Å². The number of hydrogen-bond donors (Lipinski definition) is 0. The van der Waals surface area contributed by atoms with Crippen LogP contribution < -0.4 is 28.4 Å². The summed E-state index contributed by atoms with van der Waals surface area (Å²) in [5.41, 5.74) is 6.04. The fourth-order valence-corrected chi connectivity index (χ4v) is 6.05. The molecule has 0 unspecified atom stereocenters. The van der Waals surface area contributed by atoms with Crippen LogP contribution in [0.2, 0.25) is 0 Å². The molecular weight excluding hydrogens is 504 g/mol. The third-order valence-corrected chi connectivity index (χ3v) is 8.02. The highest BCUT2D eigenvalue weighted by molar-refractivity contribution is 5.57. The summed E-state index contributed by atoms with van der Waals surface area (Å²) in [5, 5.41) is 0. The third-order valence-electron chi connectivity index (χ3n) is 8.02. The summed E-state index contributed by atoms with van der Waals surface area (Å²) < 4.78 is 33.8. The zero-order valence-electron chi connectivity index (χ0n) is 23.9. The first kappa shape index (κ1) is 27.3. The van der Waals surface area contributed by atoms with E-state index in [4.69, 9.17) is 28.4 Å². The largest absolute Gasteiger partial charge is 0.497 e. The fourth-order valence-electron chi connectivity index (χ4n) is 6.05. The molecule has 208 valence electrons. The van der Waals surface area contributed by atoms with Crippen molar-refractivity contribution in [3.63, 3.8) is 0 Å². The van der Waals surface area contributed by atoms with Crippen LogP contribution in [-0.2, 0) is 6.42 Å². The van der Waals surface area contributed by atoms with Gasteiger partial charge in [-0.15, -0.1) is 0 Å². The van der Waals surface area contributed by atoms with E-state index in [2.05, 4.69) is 48.5 Å². The molecule has 6 heteroatoms. The predicted molar refractivity (Wildman–Crippen MR) is 156 cm³/mol. The van der Waals surface area contributed by atoms with Gasteiger partial charge in [-0.05, 0) is 88.7 Å². The van der Waals surface area contributed by atoms with Crippen LogP contribution in [-0.4, -0.2) is 42.7 Å². The van der Waals surface area contributed by atoms with Crippen molar-refractivity contribution >= 4 is 0 Å². The number of benzene rings is 4. The van der Waals surface area contributed by atoms with Gasteiger partial charge in [-0.2, -0.15) is 0 Å². The monoisotopic (exact) mass is 540 g/mol. The molecule has 0 heterocycles. The standard InChI is InChI=1S/C34H36O6/c1-35-25-12-7-21(8-13-25)27-17-24-19-31(39-5)32(40-6)20-28(24)33(22-9-14-26(36-2)15-10-22)34(27)23-11-16-29(37-3)30(18-23)38-4/h7-16,18-20,27,33-34H,17H2,1-6H3/t27-,33-,34-/m1/s1. The van der Waals surface area contributed by atoms with Crippen molar-refractivity contribution in [2.75, 3.05) is 42.7 Å². The zero-order valence-corrected chi connectivity index (χ0v) is 23.9. The summed E-state index contributed by atoms with van der Waals surface area (Å²) in [5.74, 6) is 4.76. The quantitative estimate of drug-likeness (QED) is 0.228. The highest BCUT2D eigenvalue weighted by atomic mass is 16.5. The second-order valence-electron chi connectivity index (χ2n) is 9.88. The summed E-state index contributed by atoms with van der Waals surface area (Å²) in [6, 6.07) is 27.3. The summed E-state index contributed by atoms with van der Waals surface area (Å²) in [7, 11) is 10.1. The van der Waals surface area contributed by atoms with Crippen LogP contribution in [0.3, 0.4) is 0 Å². The van der Waals surface area contributed by atoms with Gasteiger partial charge in [0, 0.05) is 11.8 Å². The molecule has 3 atom stereocenters. The Morgan fingerprint density at radius 3 is 1.52 bits per heavy atom. The number of methoxy groups -OCH3 is 6. The molecule has 1 aliphatic carbocycles. The van der Waals surface area contributed by atoms with Gasteiger partial charge in [0.1, 0.15) is 11.5 Å². The van der Waals surface area contributed by atoms with E-state index in [9.17, 15) is 0 Å². The number of rotatable bonds is 9. The number of hydrogen-bond acceptors (Lipinski definition) is 6. The van der Waals surface area contributed by atoms with Gasteiger partial charge < -0.3 is 28.4 Å². The van der Waals surface area contributed by atoms with Crippen LogP contribution in [0, 0.1) is 0 Å². The molecule has 4 aromatic carbocycles. The lowest BCUT2D eigenvalue weighted by atomic mass is 9.62. The van der Waals surface area contributed by atoms with Crippen LogP contribution in [0.15, 0.2) is 78.9 Å². The van der Waals surface area contributed by atoms with Gasteiger partial charge in [0.25, 0.3) is 0 Å². The molecule has 0 spiro atoms. The predicted octanol–water partition coefficient (Wildman–Crippen LogP) is 6.99. The van der Waals surface area contributed by atoms with Crippen molar-refractivity contribution < 1.29 is 28.4 Å². The molecule has 0 aromatic heterocycles. The Kier molecular flexibility index (Phi) is 8.06. The van der Waals surface area contributed by atoms with E-state index in [0.29, 0.717) is 17.2 Å². The maximum atomic E-state index is 5.77. The van der Waals surface area contributed by atoms with Gasteiger partial charge in [0.2, 0.25) is 0 Å². The Balaban J connectivity index is 1.78. The van der Waals surface area contributed by atoms with Gasteiger partial charge in [0.15, 0.2) is 23.0 Å². The van der Waals surface area contributed by atoms with Gasteiger partial charge in [0.05, 0.1) is 42.7 Å². The van der Waals surface area contributed by atoms with Crippen LogP contribution in [0.5, 0.6) is 34.5 Å². The zero-order chi connectivity index (χ0) is 28.2. The van der Waals surface area contributed by atoms with Gasteiger partial charge in [-0.1, -0.05) is 30.3 Å². The van der Waals surface area contributed by atoms with E-state index in [1.165, 1.54) is 27.8 Å². The maximum absolute atomic E-state index is 5.77. The Morgan fingerprint density at radius 1 is 0.475 bits per heavy atom. The minimum Gasteiger partial charge on any atom is -0.497 e. The fraction of sp³-hybridized carbons (Fsp3) is 0.294. The van der Waals surface area contributed by atoms with Crippen molar-refractivity contribution in [1.29, 1.82) is 0 Å². The van der Waals surface area contributed by atoms with Crippen LogP contribution in [0.1, 0.15) is 45.6 Å². The number of ether oxygens (including phenoxy) is 6. The molecule has 1 aliphatic rings. The normalized spacial score (nSPS) is 17.9. The van der Waals surface area contributed by atoms with Gasteiger partial charge in [-0.3, -0.25) is 0 Å². The van der Waals surface area contributed by atoms with Crippen molar-refractivity contribution in [2.45, 2.75) is 24.2 Å². The lowest BCUT2D eigenvalue weighted by Crippen LogP contribution is -2.28. The molecule has 0 saturated heterocycles. The second-order valence-corrected chi connectivity index (χ2v) is 9.88. The average molecular weight is 541 g/mol. The molecule has 4 aromatic rings.